The highest BCUT2D eigenvalue weighted by Gasteiger charge is 2.27. The molecule has 1 fully saturated rings. The van der Waals surface area contributed by atoms with E-state index < -0.39 is 0 Å². The van der Waals surface area contributed by atoms with Crippen molar-refractivity contribution in [2.24, 2.45) is 11.8 Å². The van der Waals surface area contributed by atoms with Crippen LogP contribution in [0.2, 0.25) is 0 Å². The van der Waals surface area contributed by atoms with Crippen molar-refractivity contribution in [2.45, 2.75) is 33.2 Å². The average molecular weight is 260 g/mol. The number of hydrogen-bond acceptors (Lipinski definition) is 4. The van der Waals surface area contributed by atoms with Crippen LogP contribution in [-0.4, -0.2) is 41.5 Å². The van der Waals surface area contributed by atoms with E-state index in [1.807, 2.05) is 6.20 Å². The molecule has 3 heterocycles. The molecule has 0 N–H and O–H groups in total. The number of hydrogen-bond donors (Lipinski definition) is 0. The van der Waals surface area contributed by atoms with Gasteiger partial charge in [0.05, 0.1) is 5.69 Å². The predicted octanol–water partition coefficient (Wildman–Crippen LogP) is 1.95. The minimum absolute atomic E-state index is 0.760. The molecule has 19 heavy (non-hydrogen) atoms. The fraction of sp³-hybridized carbons (Fsp3) is 0.733. The Bertz CT molecular complexity index is 457. The van der Waals surface area contributed by atoms with E-state index >= 15 is 0 Å². The summed E-state index contributed by atoms with van der Waals surface area (Å²) in [6.45, 7) is 8.97. The highest BCUT2D eigenvalue weighted by atomic mass is 15.3. The lowest BCUT2D eigenvalue weighted by molar-refractivity contribution is 0.309. The second kappa shape index (κ2) is 5.08. The third-order valence-electron chi connectivity index (χ3n) is 4.56. The van der Waals surface area contributed by atoms with Gasteiger partial charge in [0.25, 0.3) is 0 Å². The summed E-state index contributed by atoms with van der Waals surface area (Å²) in [7, 11) is 2.16. The highest BCUT2D eigenvalue weighted by molar-refractivity contribution is 5.35. The Morgan fingerprint density at radius 3 is 2.89 bits per heavy atom. The number of nitrogens with zero attached hydrogens (tertiary/aromatic N) is 4. The Morgan fingerprint density at radius 2 is 2.16 bits per heavy atom. The summed E-state index contributed by atoms with van der Waals surface area (Å²) in [6.07, 6.45) is 4.37. The maximum absolute atomic E-state index is 4.81. The van der Waals surface area contributed by atoms with Crippen LogP contribution in [-0.2, 0) is 13.0 Å². The normalized spacial score (nSPS) is 24.0. The van der Waals surface area contributed by atoms with Gasteiger partial charge in [0.1, 0.15) is 0 Å². The molecule has 0 aromatic carbocycles. The van der Waals surface area contributed by atoms with Crippen LogP contribution in [0.25, 0.3) is 0 Å². The van der Waals surface area contributed by atoms with Gasteiger partial charge >= 0.3 is 0 Å². The van der Waals surface area contributed by atoms with E-state index in [-0.39, 0.29) is 0 Å². The van der Waals surface area contributed by atoms with E-state index in [1.54, 1.807) is 0 Å². The summed E-state index contributed by atoms with van der Waals surface area (Å²) in [5, 5.41) is 0. The van der Waals surface area contributed by atoms with Crippen molar-refractivity contribution in [3.05, 3.63) is 17.5 Å². The Kier molecular flexibility index (Phi) is 3.44. The first kappa shape index (κ1) is 12.9. The van der Waals surface area contributed by atoms with Crippen LogP contribution < -0.4 is 4.90 Å². The molecule has 1 aromatic heterocycles. The third-order valence-corrected chi connectivity index (χ3v) is 4.56. The first-order chi connectivity index (χ1) is 9.13. The van der Waals surface area contributed by atoms with E-state index in [1.165, 1.54) is 17.7 Å². The SMILES string of the molecule is CC(C)C1CCN(c2ncc3c(n2)CCN(C)C3)C1. The van der Waals surface area contributed by atoms with Gasteiger partial charge in [-0.15, -0.1) is 0 Å². The van der Waals surface area contributed by atoms with Crippen molar-refractivity contribution in [1.82, 2.24) is 14.9 Å². The fourth-order valence-electron chi connectivity index (χ4n) is 3.11. The van der Waals surface area contributed by atoms with Gasteiger partial charge in [-0.05, 0) is 25.3 Å². The van der Waals surface area contributed by atoms with E-state index in [0.29, 0.717) is 0 Å². The van der Waals surface area contributed by atoms with Crippen molar-refractivity contribution < 1.29 is 0 Å². The zero-order valence-corrected chi connectivity index (χ0v) is 12.3. The highest BCUT2D eigenvalue weighted by Crippen LogP contribution is 2.27. The number of likely N-dealkylation sites (N-methyl/N-ethyl adjacent to an activating group) is 1. The second-order valence-corrected chi connectivity index (χ2v) is 6.37. The van der Waals surface area contributed by atoms with Crippen LogP contribution in [0.4, 0.5) is 5.95 Å². The molecule has 1 unspecified atom stereocenters. The van der Waals surface area contributed by atoms with Gasteiger partial charge in [0.15, 0.2) is 0 Å². The molecule has 0 amide bonds. The first-order valence-corrected chi connectivity index (χ1v) is 7.42. The molecule has 0 bridgehead atoms. The van der Waals surface area contributed by atoms with Crippen LogP contribution >= 0.6 is 0 Å². The van der Waals surface area contributed by atoms with Crippen molar-refractivity contribution in [2.75, 3.05) is 31.6 Å². The Balaban J connectivity index is 1.76. The summed E-state index contributed by atoms with van der Waals surface area (Å²) in [5.41, 5.74) is 2.56. The molecule has 4 heteroatoms. The third kappa shape index (κ3) is 2.59. The molecule has 4 nitrogen and oxygen atoms in total. The monoisotopic (exact) mass is 260 g/mol. The molecule has 0 spiro atoms. The quantitative estimate of drug-likeness (QED) is 0.813. The van der Waals surface area contributed by atoms with Crippen molar-refractivity contribution in [3.8, 4) is 0 Å². The fourth-order valence-corrected chi connectivity index (χ4v) is 3.11. The maximum Gasteiger partial charge on any atom is 0.225 e. The van der Waals surface area contributed by atoms with Gasteiger partial charge in [-0.25, -0.2) is 9.97 Å². The van der Waals surface area contributed by atoms with Crippen LogP contribution in [0.3, 0.4) is 0 Å². The lowest BCUT2D eigenvalue weighted by Crippen LogP contribution is -2.29. The summed E-state index contributed by atoms with van der Waals surface area (Å²) in [6, 6.07) is 0. The van der Waals surface area contributed by atoms with Gasteiger partial charge in [0.2, 0.25) is 5.95 Å². The standard InChI is InChI=1S/C15H24N4/c1-11(2)12-4-7-19(10-12)15-16-8-13-9-18(3)6-5-14(13)17-15/h8,11-12H,4-7,9-10H2,1-3H3. The number of anilines is 1. The Hall–Kier alpha value is -1.16. The van der Waals surface area contributed by atoms with Crippen molar-refractivity contribution in [1.29, 1.82) is 0 Å². The van der Waals surface area contributed by atoms with E-state index in [2.05, 4.69) is 35.7 Å². The van der Waals surface area contributed by atoms with Gasteiger partial charge in [-0.2, -0.15) is 0 Å². The number of rotatable bonds is 2. The molecule has 3 rings (SSSR count). The van der Waals surface area contributed by atoms with Gasteiger partial charge in [-0.1, -0.05) is 13.8 Å². The Morgan fingerprint density at radius 1 is 1.32 bits per heavy atom. The minimum Gasteiger partial charge on any atom is -0.341 e. The van der Waals surface area contributed by atoms with Gasteiger partial charge < -0.3 is 9.80 Å². The zero-order chi connectivity index (χ0) is 13.4. The molecule has 2 aliphatic heterocycles. The van der Waals surface area contributed by atoms with Gasteiger partial charge in [-0.3, -0.25) is 0 Å². The molecule has 0 saturated carbocycles. The molecular weight excluding hydrogens is 236 g/mol. The molecule has 1 atom stereocenters. The van der Waals surface area contributed by atoms with Crippen LogP contribution in [0.1, 0.15) is 31.5 Å². The van der Waals surface area contributed by atoms with Gasteiger partial charge in [0, 0.05) is 44.4 Å². The Labute approximate surface area is 115 Å². The molecule has 1 aromatic rings. The first-order valence-electron chi connectivity index (χ1n) is 7.42. The van der Waals surface area contributed by atoms with E-state index in [0.717, 1.165) is 50.4 Å². The summed E-state index contributed by atoms with van der Waals surface area (Å²) in [5.74, 6) is 2.51. The number of aromatic nitrogens is 2. The van der Waals surface area contributed by atoms with Crippen LogP contribution in [0.15, 0.2) is 6.20 Å². The maximum atomic E-state index is 4.81. The predicted molar refractivity (Wildman–Crippen MR) is 77.2 cm³/mol. The molecule has 1 saturated heterocycles. The van der Waals surface area contributed by atoms with E-state index in [9.17, 15) is 0 Å². The molecule has 0 aliphatic carbocycles. The zero-order valence-electron chi connectivity index (χ0n) is 12.3. The molecular formula is C15H24N4. The topological polar surface area (TPSA) is 32.3 Å². The van der Waals surface area contributed by atoms with Crippen LogP contribution in [0.5, 0.6) is 0 Å². The number of fused-ring (bicyclic) bond motifs is 1. The lowest BCUT2D eigenvalue weighted by atomic mass is 9.95. The minimum atomic E-state index is 0.760. The summed E-state index contributed by atoms with van der Waals surface area (Å²) in [4.78, 5) is 14.1. The molecule has 0 radical (unpaired) electrons. The second-order valence-electron chi connectivity index (χ2n) is 6.37. The van der Waals surface area contributed by atoms with Crippen LogP contribution in [0, 0.1) is 11.8 Å². The molecule has 2 aliphatic rings. The summed E-state index contributed by atoms with van der Waals surface area (Å²) < 4.78 is 0. The van der Waals surface area contributed by atoms with Crippen molar-refractivity contribution in [3.63, 3.8) is 0 Å². The summed E-state index contributed by atoms with van der Waals surface area (Å²) >= 11 is 0. The van der Waals surface area contributed by atoms with Crippen molar-refractivity contribution >= 4 is 5.95 Å². The van der Waals surface area contributed by atoms with E-state index in [4.69, 9.17) is 4.98 Å². The average Bonchev–Trinajstić information content (AvgIpc) is 2.88. The molecule has 104 valence electrons. The lowest BCUT2D eigenvalue weighted by Gasteiger charge is -2.25. The smallest absolute Gasteiger partial charge is 0.225 e. The largest absolute Gasteiger partial charge is 0.341 e.